The van der Waals surface area contributed by atoms with Crippen LogP contribution in [0.15, 0.2) is 53.1 Å². The summed E-state index contributed by atoms with van der Waals surface area (Å²) in [6.45, 7) is 2.32. The number of morpholine rings is 1. The maximum absolute atomic E-state index is 6.20. The van der Waals surface area contributed by atoms with Crippen LogP contribution in [-0.4, -0.2) is 30.8 Å². The lowest BCUT2D eigenvalue weighted by Gasteiger charge is -2.31. The average molecular weight is 349 g/mol. The van der Waals surface area contributed by atoms with Crippen LogP contribution in [0, 0.1) is 0 Å². The summed E-state index contributed by atoms with van der Waals surface area (Å²) in [6, 6.07) is 13.7. The molecule has 0 saturated carbocycles. The summed E-state index contributed by atoms with van der Waals surface area (Å²) in [7, 11) is 0. The van der Waals surface area contributed by atoms with Crippen molar-refractivity contribution in [1.29, 1.82) is 0 Å². The third kappa shape index (κ3) is 3.61. The Hall–Kier alpha value is -1.43. The normalized spacial score (nSPS) is 20.0. The number of pyridine rings is 1. The second kappa shape index (κ2) is 7.02. The van der Waals surface area contributed by atoms with Crippen molar-refractivity contribution in [3.05, 3.63) is 58.8 Å². The number of hydrogen-bond acceptors (Lipinski definition) is 4. The van der Waals surface area contributed by atoms with Gasteiger partial charge in [0.1, 0.15) is 11.9 Å². The van der Waals surface area contributed by atoms with Gasteiger partial charge in [-0.1, -0.05) is 18.2 Å². The molecule has 2 aromatic rings. The molecule has 1 aromatic carbocycles. The van der Waals surface area contributed by atoms with Gasteiger partial charge in [-0.2, -0.15) is 0 Å². The van der Waals surface area contributed by atoms with Crippen LogP contribution < -0.4 is 10.1 Å². The van der Waals surface area contributed by atoms with Crippen molar-refractivity contribution in [2.24, 2.45) is 0 Å². The van der Waals surface area contributed by atoms with Gasteiger partial charge >= 0.3 is 0 Å². The van der Waals surface area contributed by atoms with E-state index in [1.165, 1.54) is 0 Å². The second-order valence-corrected chi connectivity index (χ2v) is 5.69. The Bertz CT molecular complexity index is 573. The number of ether oxygens (including phenoxy) is 2. The molecule has 0 aliphatic carbocycles. The number of nitrogens with one attached hydrogen (secondary N) is 1. The molecule has 2 heterocycles. The summed E-state index contributed by atoms with van der Waals surface area (Å²) in [5.74, 6) is 0.794. The zero-order valence-electron chi connectivity index (χ0n) is 11.5. The zero-order chi connectivity index (χ0) is 14.5. The Kier molecular flexibility index (Phi) is 4.85. The van der Waals surface area contributed by atoms with E-state index in [2.05, 4.69) is 26.2 Å². The van der Waals surface area contributed by atoms with Crippen molar-refractivity contribution >= 4 is 15.9 Å². The highest BCUT2D eigenvalue weighted by Crippen LogP contribution is 2.31. The standard InChI is InChI=1S/C16H17BrN2O2/c17-12-5-1-2-7-14(12)21-16(13-6-3-4-8-19-13)15-11-18-9-10-20-15/h1-8,15-16,18H,9-11H2/t15-,16-/m0/s1. The number of halogens is 1. The minimum Gasteiger partial charge on any atom is -0.480 e. The molecule has 0 radical (unpaired) electrons. The first-order chi connectivity index (χ1) is 10.3. The minimum atomic E-state index is -0.238. The van der Waals surface area contributed by atoms with Gasteiger partial charge in [-0.25, -0.2) is 0 Å². The summed E-state index contributed by atoms with van der Waals surface area (Å²) in [4.78, 5) is 4.43. The Morgan fingerprint density at radius 1 is 1.24 bits per heavy atom. The number of para-hydroxylation sites is 1. The van der Waals surface area contributed by atoms with E-state index in [9.17, 15) is 0 Å². The molecule has 1 aliphatic heterocycles. The second-order valence-electron chi connectivity index (χ2n) is 4.84. The van der Waals surface area contributed by atoms with E-state index in [0.717, 1.165) is 29.0 Å². The highest BCUT2D eigenvalue weighted by molar-refractivity contribution is 9.10. The van der Waals surface area contributed by atoms with Crippen molar-refractivity contribution in [1.82, 2.24) is 10.3 Å². The third-order valence-electron chi connectivity index (χ3n) is 3.36. The van der Waals surface area contributed by atoms with Crippen LogP contribution in [0.1, 0.15) is 11.8 Å². The molecular weight excluding hydrogens is 332 g/mol. The van der Waals surface area contributed by atoms with Crippen LogP contribution in [0.2, 0.25) is 0 Å². The lowest BCUT2D eigenvalue weighted by Crippen LogP contribution is -2.43. The molecule has 0 unspecified atom stereocenters. The number of benzene rings is 1. The lowest BCUT2D eigenvalue weighted by molar-refractivity contribution is -0.0449. The van der Waals surface area contributed by atoms with Crippen molar-refractivity contribution in [2.75, 3.05) is 19.7 Å². The number of rotatable bonds is 4. The van der Waals surface area contributed by atoms with E-state index in [1.54, 1.807) is 6.20 Å². The highest BCUT2D eigenvalue weighted by atomic mass is 79.9. The molecule has 1 aromatic heterocycles. The van der Waals surface area contributed by atoms with Gasteiger partial charge in [0.15, 0.2) is 6.10 Å². The average Bonchev–Trinajstić information content (AvgIpc) is 2.56. The number of nitrogens with zero attached hydrogens (tertiary/aromatic N) is 1. The summed E-state index contributed by atoms with van der Waals surface area (Å²) >= 11 is 3.52. The largest absolute Gasteiger partial charge is 0.480 e. The Labute approximate surface area is 132 Å². The third-order valence-corrected chi connectivity index (χ3v) is 4.02. The quantitative estimate of drug-likeness (QED) is 0.922. The molecule has 0 amide bonds. The van der Waals surface area contributed by atoms with Crippen molar-refractivity contribution in [2.45, 2.75) is 12.2 Å². The maximum atomic E-state index is 6.20. The van der Waals surface area contributed by atoms with Crippen LogP contribution in [0.3, 0.4) is 0 Å². The Morgan fingerprint density at radius 2 is 2.10 bits per heavy atom. The van der Waals surface area contributed by atoms with Crippen LogP contribution in [-0.2, 0) is 4.74 Å². The Balaban J connectivity index is 1.87. The molecule has 3 rings (SSSR count). The van der Waals surface area contributed by atoms with Gasteiger partial charge in [-0.05, 0) is 40.2 Å². The molecule has 1 N–H and O–H groups in total. The molecule has 110 valence electrons. The van der Waals surface area contributed by atoms with Crippen LogP contribution in [0.25, 0.3) is 0 Å². The van der Waals surface area contributed by atoms with Crippen LogP contribution in [0.4, 0.5) is 0 Å². The summed E-state index contributed by atoms with van der Waals surface area (Å²) in [5.41, 5.74) is 0.877. The van der Waals surface area contributed by atoms with E-state index in [1.807, 2.05) is 42.5 Å². The predicted octanol–water partition coefficient (Wildman–Crippen LogP) is 2.95. The van der Waals surface area contributed by atoms with Gasteiger partial charge in [0.25, 0.3) is 0 Å². The minimum absolute atomic E-state index is 0.0549. The zero-order valence-corrected chi connectivity index (χ0v) is 13.1. The van der Waals surface area contributed by atoms with Crippen molar-refractivity contribution < 1.29 is 9.47 Å². The summed E-state index contributed by atoms with van der Waals surface area (Å²) in [6.07, 6.45) is 1.49. The fraction of sp³-hybridized carbons (Fsp3) is 0.312. The molecule has 4 nitrogen and oxygen atoms in total. The first-order valence-electron chi connectivity index (χ1n) is 6.99. The highest BCUT2D eigenvalue weighted by Gasteiger charge is 2.29. The van der Waals surface area contributed by atoms with Gasteiger partial charge in [0.05, 0.1) is 16.8 Å². The van der Waals surface area contributed by atoms with Crippen LogP contribution in [0.5, 0.6) is 5.75 Å². The fourth-order valence-electron chi connectivity index (χ4n) is 2.33. The monoisotopic (exact) mass is 348 g/mol. The molecule has 1 aliphatic rings. The SMILES string of the molecule is Brc1ccccc1O[C@@H](c1ccccn1)[C@@H]1CNCCO1. The smallest absolute Gasteiger partial charge is 0.168 e. The molecule has 5 heteroatoms. The fourth-order valence-corrected chi connectivity index (χ4v) is 2.71. The molecular formula is C16H17BrN2O2. The molecule has 1 saturated heterocycles. The van der Waals surface area contributed by atoms with Gasteiger partial charge < -0.3 is 14.8 Å². The maximum Gasteiger partial charge on any atom is 0.168 e. The van der Waals surface area contributed by atoms with E-state index in [4.69, 9.17) is 9.47 Å². The van der Waals surface area contributed by atoms with Gasteiger partial charge in [0, 0.05) is 19.3 Å². The van der Waals surface area contributed by atoms with E-state index < -0.39 is 0 Å². The molecule has 2 atom stereocenters. The van der Waals surface area contributed by atoms with Gasteiger partial charge in [0.2, 0.25) is 0 Å². The predicted molar refractivity (Wildman–Crippen MR) is 84.4 cm³/mol. The number of hydrogen-bond donors (Lipinski definition) is 1. The molecule has 0 spiro atoms. The van der Waals surface area contributed by atoms with E-state index in [-0.39, 0.29) is 12.2 Å². The Morgan fingerprint density at radius 3 is 2.81 bits per heavy atom. The van der Waals surface area contributed by atoms with Gasteiger partial charge in [-0.3, -0.25) is 4.98 Å². The number of aromatic nitrogens is 1. The first kappa shape index (κ1) is 14.5. The summed E-state index contributed by atoms with van der Waals surface area (Å²) < 4.78 is 13.0. The van der Waals surface area contributed by atoms with E-state index >= 15 is 0 Å². The van der Waals surface area contributed by atoms with Crippen molar-refractivity contribution in [3.8, 4) is 5.75 Å². The molecule has 1 fully saturated rings. The molecule has 0 bridgehead atoms. The summed E-state index contributed by atoms with van der Waals surface area (Å²) in [5, 5.41) is 3.34. The molecule has 21 heavy (non-hydrogen) atoms. The first-order valence-corrected chi connectivity index (χ1v) is 7.78. The topological polar surface area (TPSA) is 43.4 Å². The van der Waals surface area contributed by atoms with E-state index in [0.29, 0.717) is 6.61 Å². The van der Waals surface area contributed by atoms with Gasteiger partial charge in [-0.15, -0.1) is 0 Å². The van der Waals surface area contributed by atoms with Crippen LogP contribution >= 0.6 is 15.9 Å². The van der Waals surface area contributed by atoms with Crippen molar-refractivity contribution in [3.63, 3.8) is 0 Å². The lowest BCUT2D eigenvalue weighted by atomic mass is 10.1.